The minimum absolute atomic E-state index is 0.326. The molecule has 0 amide bonds. The number of Topliss-reactive ketones (excluding diaryl/α,β-unsaturated/α-hetero) is 1. The highest BCUT2D eigenvalue weighted by Crippen LogP contribution is 2.29. The van der Waals surface area contributed by atoms with Crippen molar-refractivity contribution in [2.45, 2.75) is 39.0 Å². The highest BCUT2D eigenvalue weighted by molar-refractivity contribution is 5.81. The minimum Gasteiger partial charge on any atom is -0.305 e. The molecular formula is C15H28N2O. The number of ketones is 1. The fourth-order valence-electron chi connectivity index (χ4n) is 3.34. The molecule has 0 spiro atoms. The molecule has 1 heterocycles. The number of hydrogen-bond donors (Lipinski definition) is 0. The van der Waals surface area contributed by atoms with E-state index in [4.69, 9.17) is 0 Å². The molecule has 2 fully saturated rings. The van der Waals surface area contributed by atoms with Crippen molar-refractivity contribution in [1.29, 1.82) is 0 Å². The van der Waals surface area contributed by atoms with E-state index in [9.17, 15) is 4.79 Å². The van der Waals surface area contributed by atoms with E-state index in [1.165, 1.54) is 25.9 Å². The Kier molecular flexibility index (Phi) is 5.19. The van der Waals surface area contributed by atoms with Gasteiger partial charge in [0, 0.05) is 32.0 Å². The Morgan fingerprint density at radius 3 is 2.83 bits per heavy atom. The van der Waals surface area contributed by atoms with Gasteiger partial charge in [-0.2, -0.15) is 0 Å². The van der Waals surface area contributed by atoms with Gasteiger partial charge >= 0.3 is 0 Å². The van der Waals surface area contributed by atoms with Crippen LogP contribution in [0.5, 0.6) is 0 Å². The fourth-order valence-corrected chi connectivity index (χ4v) is 3.34. The molecule has 2 aliphatic rings. The second-order valence-corrected chi connectivity index (χ2v) is 6.17. The first kappa shape index (κ1) is 14.0. The van der Waals surface area contributed by atoms with Crippen LogP contribution in [0.2, 0.25) is 0 Å². The molecule has 1 saturated heterocycles. The number of rotatable bonds is 3. The molecule has 3 nitrogen and oxygen atoms in total. The lowest BCUT2D eigenvalue weighted by atomic mass is 9.79. The van der Waals surface area contributed by atoms with Gasteiger partial charge in [0.05, 0.1) is 0 Å². The first-order valence-electron chi connectivity index (χ1n) is 7.62. The van der Waals surface area contributed by atoms with Crippen LogP contribution >= 0.6 is 0 Å². The summed E-state index contributed by atoms with van der Waals surface area (Å²) in [6, 6.07) is 0. The lowest BCUT2D eigenvalue weighted by molar-refractivity contribution is -0.126. The van der Waals surface area contributed by atoms with Gasteiger partial charge in [0.1, 0.15) is 5.78 Å². The van der Waals surface area contributed by atoms with Gasteiger partial charge in [-0.25, -0.2) is 0 Å². The summed E-state index contributed by atoms with van der Waals surface area (Å²) in [5.41, 5.74) is 0. The standard InChI is InChI=1S/C15H28N2O/c1-3-13-5-6-15(18)14(11-13)12-17-8-4-7-16(2)9-10-17/h13-14H,3-12H2,1-2H3. The summed E-state index contributed by atoms with van der Waals surface area (Å²) in [5, 5.41) is 0. The second kappa shape index (κ2) is 6.67. The van der Waals surface area contributed by atoms with Crippen molar-refractivity contribution in [2.24, 2.45) is 11.8 Å². The van der Waals surface area contributed by atoms with E-state index in [-0.39, 0.29) is 0 Å². The SMILES string of the molecule is CCC1CCC(=O)C(CN2CCCN(C)CC2)C1. The molecule has 0 bridgehead atoms. The third kappa shape index (κ3) is 3.79. The molecule has 0 aromatic rings. The summed E-state index contributed by atoms with van der Waals surface area (Å²) in [6.07, 6.45) is 5.59. The molecule has 1 saturated carbocycles. The molecule has 1 aliphatic carbocycles. The topological polar surface area (TPSA) is 23.6 Å². The van der Waals surface area contributed by atoms with Crippen molar-refractivity contribution in [3.05, 3.63) is 0 Å². The summed E-state index contributed by atoms with van der Waals surface area (Å²) in [6.45, 7) is 7.94. The summed E-state index contributed by atoms with van der Waals surface area (Å²) >= 11 is 0. The summed E-state index contributed by atoms with van der Waals surface area (Å²) in [4.78, 5) is 17.0. The summed E-state index contributed by atoms with van der Waals surface area (Å²) < 4.78 is 0. The third-order valence-electron chi connectivity index (χ3n) is 4.74. The molecule has 0 radical (unpaired) electrons. The monoisotopic (exact) mass is 252 g/mol. The molecule has 0 N–H and O–H groups in total. The lowest BCUT2D eigenvalue weighted by Crippen LogP contribution is -2.38. The average Bonchev–Trinajstić information content (AvgIpc) is 2.57. The molecule has 0 aromatic carbocycles. The summed E-state index contributed by atoms with van der Waals surface area (Å²) in [5.74, 6) is 1.65. The van der Waals surface area contributed by atoms with Gasteiger partial charge in [-0.1, -0.05) is 13.3 Å². The van der Waals surface area contributed by atoms with Gasteiger partial charge < -0.3 is 9.80 Å². The average molecular weight is 252 g/mol. The lowest BCUT2D eigenvalue weighted by Gasteiger charge is -2.31. The van der Waals surface area contributed by atoms with Gasteiger partial charge in [-0.15, -0.1) is 0 Å². The quantitative estimate of drug-likeness (QED) is 0.768. The van der Waals surface area contributed by atoms with Crippen LogP contribution in [0, 0.1) is 11.8 Å². The normalized spacial score (nSPS) is 32.4. The van der Waals surface area contributed by atoms with Crippen molar-refractivity contribution < 1.29 is 4.79 Å². The van der Waals surface area contributed by atoms with Gasteiger partial charge in [0.25, 0.3) is 0 Å². The molecule has 2 unspecified atom stereocenters. The van der Waals surface area contributed by atoms with Crippen molar-refractivity contribution in [1.82, 2.24) is 9.80 Å². The number of likely N-dealkylation sites (N-methyl/N-ethyl adjacent to an activating group) is 1. The van der Waals surface area contributed by atoms with E-state index in [1.807, 2.05) is 0 Å². The van der Waals surface area contributed by atoms with Crippen LogP contribution in [0.25, 0.3) is 0 Å². The van der Waals surface area contributed by atoms with Crippen LogP contribution in [-0.2, 0) is 4.79 Å². The number of carbonyl (C=O) groups is 1. The fraction of sp³-hybridized carbons (Fsp3) is 0.933. The van der Waals surface area contributed by atoms with Crippen molar-refractivity contribution in [3.63, 3.8) is 0 Å². The Morgan fingerprint density at radius 1 is 1.22 bits per heavy atom. The Morgan fingerprint density at radius 2 is 2.06 bits per heavy atom. The van der Waals surface area contributed by atoms with Crippen LogP contribution in [0.4, 0.5) is 0 Å². The van der Waals surface area contributed by atoms with Crippen molar-refractivity contribution >= 4 is 5.78 Å². The van der Waals surface area contributed by atoms with Gasteiger partial charge in [0.15, 0.2) is 0 Å². The van der Waals surface area contributed by atoms with E-state index in [2.05, 4.69) is 23.8 Å². The van der Waals surface area contributed by atoms with Crippen LogP contribution in [0.15, 0.2) is 0 Å². The second-order valence-electron chi connectivity index (χ2n) is 6.17. The maximum absolute atomic E-state index is 12.0. The van der Waals surface area contributed by atoms with E-state index in [0.29, 0.717) is 11.7 Å². The smallest absolute Gasteiger partial charge is 0.137 e. The Bertz CT molecular complexity index is 280. The predicted octanol–water partition coefficient (Wildman–Crippen LogP) is 2.02. The first-order valence-corrected chi connectivity index (χ1v) is 7.62. The molecular weight excluding hydrogens is 224 g/mol. The molecule has 2 atom stereocenters. The Labute approximate surface area is 112 Å². The van der Waals surface area contributed by atoms with Crippen LogP contribution < -0.4 is 0 Å². The maximum Gasteiger partial charge on any atom is 0.137 e. The zero-order valence-electron chi connectivity index (χ0n) is 12.0. The van der Waals surface area contributed by atoms with Gasteiger partial charge in [0.2, 0.25) is 0 Å². The van der Waals surface area contributed by atoms with E-state index in [0.717, 1.165) is 44.8 Å². The Hall–Kier alpha value is -0.410. The molecule has 2 rings (SSSR count). The summed E-state index contributed by atoms with van der Waals surface area (Å²) in [7, 11) is 2.20. The van der Waals surface area contributed by atoms with Crippen LogP contribution in [0.1, 0.15) is 39.0 Å². The minimum atomic E-state index is 0.326. The zero-order valence-corrected chi connectivity index (χ0v) is 12.0. The van der Waals surface area contributed by atoms with Crippen molar-refractivity contribution in [3.8, 4) is 0 Å². The number of nitrogens with zero attached hydrogens (tertiary/aromatic N) is 2. The van der Waals surface area contributed by atoms with E-state index >= 15 is 0 Å². The van der Waals surface area contributed by atoms with Gasteiger partial charge in [-0.3, -0.25) is 4.79 Å². The van der Waals surface area contributed by atoms with Gasteiger partial charge in [-0.05, 0) is 45.3 Å². The Balaban J connectivity index is 1.85. The largest absolute Gasteiger partial charge is 0.305 e. The first-order chi connectivity index (χ1) is 8.69. The molecule has 104 valence electrons. The zero-order chi connectivity index (χ0) is 13.0. The third-order valence-corrected chi connectivity index (χ3v) is 4.74. The maximum atomic E-state index is 12.0. The predicted molar refractivity (Wildman–Crippen MR) is 74.7 cm³/mol. The van der Waals surface area contributed by atoms with E-state index in [1.54, 1.807) is 0 Å². The molecule has 3 heteroatoms. The van der Waals surface area contributed by atoms with Crippen LogP contribution in [-0.4, -0.2) is 55.4 Å². The highest BCUT2D eigenvalue weighted by Gasteiger charge is 2.29. The van der Waals surface area contributed by atoms with Crippen molar-refractivity contribution in [2.75, 3.05) is 39.8 Å². The number of carbonyl (C=O) groups excluding carboxylic acids is 1. The molecule has 1 aliphatic heterocycles. The number of hydrogen-bond acceptors (Lipinski definition) is 3. The molecule has 18 heavy (non-hydrogen) atoms. The van der Waals surface area contributed by atoms with E-state index < -0.39 is 0 Å². The van der Waals surface area contributed by atoms with Crippen LogP contribution in [0.3, 0.4) is 0 Å². The molecule has 0 aromatic heterocycles. The highest BCUT2D eigenvalue weighted by atomic mass is 16.1.